The second-order valence-electron chi connectivity index (χ2n) is 11.5. The van der Waals surface area contributed by atoms with Crippen LogP contribution in [0.4, 0.5) is 5.69 Å². The van der Waals surface area contributed by atoms with Crippen LogP contribution in [0.3, 0.4) is 0 Å². The first-order chi connectivity index (χ1) is 20.7. The molecular weight excluding hydrogens is 572 g/mol. The number of carbonyl (C=O) groups is 4. The van der Waals surface area contributed by atoms with Crippen molar-refractivity contribution in [2.75, 3.05) is 40.1 Å². The topological polar surface area (TPSA) is 203 Å². The summed E-state index contributed by atoms with van der Waals surface area (Å²) in [4.78, 5) is 58.1. The number of phenolic OH excluding ortho intramolecular Hbond substituents is 1. The van der Waals surface area contributed by atoms with Gasteiger partial charge in [-0.1, -0.05) is 18.2 Å². The number of nitrogens with two attached hydrogens (primary N) is 1. The maximum atomic E-state index is 14.0. The molecule has 2 aromatic carbocycles. The molecule has 0 bridgehead atoms. The zero-order chi connectivity index (χ0) is 32.2. The number of amides is 2. The number of likely N-dealkylation sites (N-methyl/N-ethyl adjacent to an activating group) is 2. The van der Waals surface area contributed by atoms with Crippen LogP contribution in [0.25, 0.3) is 16.9 Å². The minimum absolute atomic E-state index is 0.00114. The number of nitrogens with zero attached hydrogens (tertiary/aromatic N) is 2. The molecule has 2 amide bonds. The Labute approximate surface area is 252 Å². The second kappa shape index (κ2) is 11.2. The minimum atomic E-state index is -2.70. The van der Waals surface area contributed by atoms with E-state index in [9.17, 15) is 39.6 Å². The molecule has 0 unspecified atom stereocenters. The number of aliphatic hydroxyl groups is 3. The van der Waals surface area contributed by atoms with Crippen LogP contribution in [0.15, 0.2) is 53.3 Å². The summed E-state index contributed by atoms with van der Waals surface area (Å²) in [5.74, 6) is -7.31. The molecule has 0 aliphatic heterocycles. The van der Waals surface area contributed by atoms with Crippen molar-refractivity contribution in [2.24, 2.45) is 17.6 Å². The van der Waals surface area contributed by atoms with Crippen molar-refractivity contribution in [1.29, 1.82) is 0 Å². The lowest BCUT2D eigenvalue weighted by molar-refractivity contribution is -0.153. The fraction of sp³-hybridized carbons (Fsp3) is 0.355. The van der Waals surface area contributed by atoms with Crippen LogP contribution in [-0.2, 0) is 30.4 Å². The molecular formula is C31H34N4O9. The van der Waals surface area contributed by atoms with Gasteiger partial charge in [0.05, 0.1) is 18.7 Å². The van der Waals surface area contributed by atoms with Gasteiger partial charge in [-0.05, 0) is 67.7 Å². The van der Waals surface area contributed by atoms with Crippen LogP contribution in [-0.4, -0.2) is 100 Å². The third kappa shape index (κ3) is 4.74. The number of aromatic hydroxyl groups is 1. The Morgan fingerprint density at radius 3 is 2.32 bits per heavy atom. The molecule has 0 heterocycles. The van der Waals surface area contributed by atoms with E-state index in [0.717, 1.165) is 0 Å². The maximum Gasteiger partial charge on any atom is 0.255 e. The van der Waals surface area contributed by atoms with Crippen LogP contribution in [0.1, 0.15) is 17.5 Å². The van der Waals surface area contributed by atoms with Gasteiger partial charge in [0, 0.05) is 24.2 Å². The Kier molecular flexibility index (Phi) is 7.84. The minimum Gasteiger partial charge on any atom is -0.508 e. The Morgan fingerprint density at radius 2 is 1.73 bits per heavy atom. The van der Waals surface area contributed by atoms with Crippen LogP contribution in [0.2, 0.25) is 0 Å². The lowest BCUT2D eigenvalue weighted by atomic mass is 9.57. The molecule has 0 radical (unpaired) electrons. The number of nitrogens with one attached hydrogen (secondary N) is 1. The lowest BCUT2D eigenvalue weighted by Crippen LogP contribution is -2.65. The smallest absolute Gasteiger partial charge is 0.255 e. The number of anilines is 1. The number of hydrogen-bond acceptors (Lipinski definition) is 11. The van der Waals surface area contributed by atoms with E-state index in [1.165, 1.54) is 23.1 Å². The zero-order valence-electron chi connectivity index (χ0n) is 24.6. The maximum absolute atomic E-state index is 14.0. The number of hydroxylamine groups is 2. The molecule has 1 saturated carbocycles. The number of fused-ring (bicyclic) bond motifs is 3. The summed E-state index contributed by atoms with van der Waals surface area (Å²) in [7, 11) is 6.17. The van der Waals surface area contributed by atoms with Crippen molar-refractivity contribution in [3.05, 3.63) is 64.4 Å². The molecule has 3 aliphatic carbocycles. The number of Topliss-reactive ketones (excluding diaryl/α,β-unsaturated/α-hetero) is 2. The fourth-order valence-corrected chi connectivity index (χ4v) is 6.71. The van der Waals surface area contributed by atoms with E-state index in [0.29, 0.717) is 22.4 Å². The molecule has 0 saturated heterocycles. The molecule has 44 heavy (non-hydrogen) atoms. The number of benzene rings is 2. The zero-order valence-corrected chi connectivity index (χ0v) is 24.6. The van der Waals surface area contributed by atoms with E-state index in [4.69, 9.17) is 10.6 Å². The number of hydrogen-bond donors (Lipinski definition) is 6. The highest BCUT2D eigenvalue weighted by Gasteiger charge is 2.64. The van der Waals surface area contributed by atoms with Crippen molar-refractivity contribution < 1.29 is 44.4 Å². The first kappa shape index (κ1) is 30.9. The van der Waals surface area contributed by atoms with Crippen LogP contribution in [0, 0.1) is 11.8 Å². The number of primary amides is 1. The number of carbonyl (C=O) groups excluding carboxylic acids is 4. The van der Waals surface area contributed by atoms with Gasteiger partial charge in [-0.2, -0.15) is 5.06 Å². The molecule has 0 aromatic heterocycles. The van der Waals surface area contributed by atoms with E-state index in [1.807, 2.05) is 0 Å². The van der Waals surface area contributed by atoms with Gasteiger partial charge < -0.3 is 36.3 Å². The molecule has 0 spiro atoms. The second-order valence-corrected chi connectivity index (χ2v) is 11.5. The lowest BCUT2D eigenvalue weighted by Gasteiger charge is -2.50. The number of aliphatic hydroxyl groups excluding tert-OH is 2. The third-order valence-electron chi connectivity index (χ3n) is 8.76. The predicted molar refractivity (Wildman–Crippen MR) is 158 cm³/mol. The summed E-state index contributed by atoms with van der Waals surface area (Å²) < 4.78 is 0. The Morgan fingerprint density at radius 1 is 1.07 bits per heavy atom. The summed E-state index contributed by atoms with van der Waals surface area (Å²) in [6, 6.07) is 8.81. The molecule has 13 heteroatoms. The van der Waals surface area contributed by atoms with Crippen LogP contribution >= 0.6 is 0 Å². The average Bonchev–Trinajstić information content (AvgIpc) is 2.95. The van der Waals surface area contributed by atoms with Crippen molar-refractivity contribution in [1.82, 2.24) is 9.96 Å². The molecule has 5 rings (SSSR count). The Bertz CT molecular complexity index is 1650. The summed E-state index contributed by atoms with van der Waals surface area (Å²) in [6.45, 7) is 0.0194. The molecule has 4 atom stereocenters. The van der Waals surface area contributed by atoms with E-state index >= 15 is 0 Å². The molecule has 7 N–H and O–H groups in total. The molecule has 232 valence electrons. The van der Waals surface area contributed by atoms with Gasteiger partial charge in [0.15, 0.2) is 11.4 Å². The summed E-state index contributed by atoms with van der Waals surface area (Å²) in [5.41, 5.74) is 4.02. The van der Waals surface area contributed by atoms with Gasteiger partial charge in [0.2, 0.25) is 11.7 Å². The fourth-order valence-electron chi connectivity index (χ4n) is 6.71. The Balaban J connectivity index is 1.58. The summed E-state index contributed by atoms with van der Waals surface area (Å²) >= 11 is 0. The quantitative estimate of drug-likeness (QED) is 0.194. The first-order valence-electron chi connectivity index (χ1n) is 13.9. The summed E-state index contributed by atoms with van der Waals surface area (Å²) in [6.07, 6.45) is 0.141. The van der Waals surface area contributed by atoms with Gasteiger partial charge in [-0.3, -0.25) is 24.1 Å². The van der Waals surface area contributed by atoms with Gasteiger partial charge in [0.25, 0.3) is 5.91 Å². The van der Waals surface area contributed by atoms with Crippen molar-refractivity contribution >= 4 is 34.8 Å². The van der Waals surface area contributed by atoms with Crippen molar-refractivity contribution in [2.45, 2.75) is 24.5 Å². The Hall–Kier alpha value is -4.56. The monoisotopic (exact) mass is 606 g/mol. The SMILES string of the molecule is CON(C)CC(=O)Nc1ccc(-c2ccc(O)c3c2C[C@@H]2C[C@@H]4[C@@H](N(C)C)C(=O)C(C(N)=O)=C(O)[C@]4(O)C(=O)C2=C3O)cc1. The van der Waals surface area contributed by atoms with E-state index in [2.05, 4.69) is 5.32 Å². The van der Waals surface area contributed by atoms with Gasteiger partial charge in [-0.25, -0.2) is 0 Å². The average molecular weight is 607 g/mol. The van der Waals surface area contributed by atoms with Gasteiger partial charge >= 0.3 is 0 Å². The van der Waals surface area contributed by atoms with Crippen LogP contribution in [0.5, 0.6) is 5.75 Å². The third-order valence-corrected chi connectivity index (χ3v) is 8.76. The first-order valence-corrected chi connectivity index (χ1v) is 13.9. The largest absolute Gasteiger partial charge is 0.508 e. The highest BCUT2D eigenvalue weighted by atomic mass is 16.7. The molecule has 3 aliphatic rings. The molecule has 13 nitrogen and oxygen atoms in total. The highest BCUT2D eigenvalue weighted by Crippen LogP contribution is 2.53. The van der Waals surface area contributed by atoms with E-state index < -0.39 is 58.0 Å². The van der Waals surface area contributed by atoms with Crippen molar-refractivity contribution in [3.8, 4) is 16.9 Å². The van der Waals surface area contributed by atoms with E-state index in [-0.39, 0.29) is 42.2 Å². The predicted octanol–water partition coefficient (Wildman–Crippen LogP) is 1.06. The van der Waals surface area contributed by atoms with Gasteiger partial charge in [-0.15, -0.1) is 0 Å². The number of phenols is 1. The number of ketones is 2. The highest BCUT2D eigenvalue weighted by molar-refractivity contribution is 6.24. The van der Waals surface area contributed by atoms with Crippen LogP contribution < -0.4 is 11.1 Å². The van der Waals surface area contributed by atoms with Crippen molar-refractivity contribution in [3.63, 3.8) is 0 Å². The van der Waals surface area contributed by atoms with E-state index in [1.54, 1.807) is 51.5 Å². The molecule has 1 fully saturated rings. The standard InChI is InChI=1S/C31H34N4O9/c1-34(2)25-19-12-15-11-18-17(14-5-7-16(8-6-14)33-21(37)13-35(3)44-4)9-10-20(36)23(18)26(38)22(15)28(40)31(19,43)29(41)24(27(25)39)30(32)42/h5-10,15,19,25,36,38,41,43H,11-13H2,1-4H3,(H2,32,42)(H,33,37)/t15-,19-,25-,31-/m1/s1. The summed E-state index contributed by atoms with van der Waals surface area (Å²) in [5, 5.41) is 49.1. The normalized spacial score (nSPS) is 24.8. The molecule has 2 aromatic rings. The van der Waals surface area contributed by atoms with Gasteiger partial charge in [0.1, 0.15) is 29.4 Å². The number of rotatable bonds is 7.